The van der Waals surface area contributed by atoms with Crippen LogP contribution in [0.4, 0.5) is 0 Å². The highest BCUT2D eigenvalue weighted by Crippen LogP contribution is 2.44. The lowest BCUT2D eigenvalue weighted by atomic mass is 9.86. The van der Waals surface area contributed by atoms with E-state index in [9.17, 15) is 5.41 Å². The first-order valence-corrected chi connectivity index (χ1v) is 22.8. The number of benzene rings is 9. The molecular formula is C63H42N4O. The van der Waals surface area contributed by atoms with Gasteiger partial charge in [-0.2, -0.15) is 0 Å². The Morgan fingerprint density at radius 2 is 0.985 bits per heavy atom. The third-order valence-electron chi connectivity index (χ3n) is 12.8. The van der Waals surface area contributed by atoms with Crippen molar-refractivity contribution < 1.29 is 4.42 Å². The number of rotatable bonds is 9. The number of allylic oxidation sites excluding steroid dienone is 1. The van der Waals surface area contributed by atoms with Crippen LogP contribution in [0.3, 0.4) is 0 Å². The molecule has 0 saturated carbocycles. The Morgan fingerprint density at radius 3 is 1.69 bits per heavy atom. The van der Waals surface area contributed by atoms with Crippen LogP contribution in [0.1, 0.15) is 27.8 Å². The predicted octanol–water partition coefficient (Wildman–Crippen LogP) is 15.7. The third-order valence-corrected chi connectivity index (χ3v) is 12.8. The van der Waals surface area contributed by atoms with Gasteiger partial charge < -0.3 is 9.73 Å². The molecule has 2 N–H and O–H groups in total. The van der Waals surface area contributed by atoms with Crippen molar-refractivity contribution in [3.8, 4) is 56.2 Å². The summed E-state index contributed by atoms with van der Waals surface area (Å²) in [5.41, 5.74) is 18.7. The summed E-state index contributed by atoms with van der Waals surface area (Å²) in [6.45, 7) is 0. The first kappa shape index (κ1) is 40.3. The fourth-order valence-corrected chi connectivity index (χ4v) is 9.43. The minimum atomic E-state index is 0.424. The van der Waals surface area contributed by atoms with Crippen molar-refractivity contribution in [1.82, 2.24) is 15.3 Å². The van der Waals surface area contributed by atoms with Gasteiger partial charge >= 0.3 is 0 Å². The Balaban J connectivity index is 0.963. The number of nitrogens with one attached hydrogen (secondary N) is 2. The van der Waals surface area contributed by atoms with Crippen LogP contribution in [0.15, 0.2) is 241 Å². The summed E-state index contributed by atoms with van der Waals surface area (Å²) in [5.74, 6) is 0.683. The summed E-state index contributed by atoms with van der Waals surface area (Å²) >= 11 is 0. The predicted molar refractivity (Wildman–Crippen MR) is 280 cm³/mol. The number of fused-ring (bicyclic) bond motifs is 4. The van der Waals surface area contributed by atoms with E-state index in [1.807, 2.05) is 72.8 Å². The Morgan fingerprint density at radius 1 is 0.426 bits per heavy atom. The number of nitrogens with zero attached hydrogens (tertiary/aromatic N) is 2. The van der Waals surface area contributed by atoms with Crippen LogP contribution in [0.2, 0.25) is 0 Å². The molecule has 0 unspecified atom stereocenters. The van der Waals surface area contributed by atoms with Crippen molar-refractivity contribution in [3.63, 3.8) is 0 Å². The summed E-state index contributed by atoms with van der Waals surface area (Å²) in [6.07, 6.45) is 2.19. The molecule has 5 nitrogen and oxygen atoms in total. The van der Waals surface area contributed by atoms with Gasteiger partial charge in [0.05, 0.1) is 22.8 Å². The highest BCUT2D eigenvalue weighted by Gasteiger charge is 2.25. The highest BCUT2D eigenvalue weighted by molar-refractivity contribution is 6.36. The molecule has 0 fully saturated rings. The maximum atomic E-state index is 10.0. The molecule has 12 rings (SSSR count). The van der Waals surface area contributed by atoms with Crippen LogP contribution >= 0.6 is 0 Å². The fourth-order valence-electron chi connectivity index (χ4n) is 9.43. The van der Waals surface area contributed by atoms with Crippen LogP contribution in [0.25, 0.3) is 101 Å². The zero-order chi connectivity index (χ0) is 45.4. The SMILES string of the molecule is N=C(/C(=C1\NC(c2ccccc2)=Cc2ccccc21)c1ccccc1)c1ccc(-c2c(-c3ccc(-c4cc(-c5ccccc5)nc(-c5ccccc5)n4)cc3)ccc3oc4ccccc4c23)cc1. The van der Waals surface area contributed by atoms with E-state index in [1.54, 1.807) is 0 Å². The van der Waals surface area contributed by atoms with Crippen LogP contribution < -0.4 is 5.32 Å². The Kier molecular flexibility index (Phi) is 10.3. The monoisotopic (exact) mass is 870 g/mol. The molecule has 0 saturated heterocycles. The first-order chi connectivity index (χ1) is 33.6. The maximum Gasteiger partial charge on any atom is 0.160 e. The maximum absolute atomic E-state index is 10.0. The lowest BCUT2D eigenvalue weighted by Gasteiger charge is -2.26. The van der Waals surface area contributed by atoms with Gasteiger partial charge in [-0.25, -0.2) is 9.97 Å². The van der Waals surface area contributed by atoms with Crippen molar-refractivity contribution >= 4 is 50.7 Å². The van der Waals surface area contributed by atoms with Crippen molar-refractivity contribution in [2.24, 2.45) is 0 Å². The highest BCUT2D eigenvalue weighted by atomic mass is 16.3. The average molecular weight is 871 g/mol. The van der Waals surface area contributed by atoms with Crippen molar-refractivity contribution in [2.75, 3.05) is 0 Å². The van der Waals surface area contributed by atoms with Gasteiger partial charge in [-0.15, -0.1) is 0 Å². The second kappa shape index (κ2) is 17.3. The van der Waals surface area contributed by atoms with Crippen LogP contribution in [-0.2, 0) is 0 Å². The van der Waals surface area contributed by atoms with Crippen molar-refractivity contribution in [1.29, 1.82) is 5.41 Å². The summed E-state index contributed by atoms with van der Waals surface area (Å²) in [4.78, 5) is 10.1. The van der Waals surface area contributed by atoms with E-state index < -0.39 is 0 Å². The van der Waals surface area contributed by atoms with E-state index in [1.165, 1.54) is 0 Å². The smallest absolute Gasteiger partial charge is 0.160 e. The standard InChI is InChI=1S/C63H42N4O/c64-61(59(45-21-9-3-10-22-45)62-51-26-14-13-25-49(51)39-53(65-62)42-17-5-1-6-18-42)47-35-33-46(34-36-47)58-50(37-38-57-60(58)52-27-15-16-28-56(52)68-57)41-29-31-44(32-30-41)55-40-54(43-19-7-2-8-20-43)66-63(67-55)48-23-11-4-12-24-48/h1-40,64-65H/b62-59-,64-61?. The van der Waals surface area contributed by atoms with Gasteiger partial charge in [0.1, 0.15) is 11.2 Å². The number of aromatic nitrogens is 2. The van der Waals surface area contributed by atoms with Crippen LogP contribution in [-0.4, -0.2) is 15.7 Å². The van der Waals surface area contributed by atoms with E-state index in [0.29, 0.717) is 11.5 Å². The number of hydrogen-bond acceptors (Lipinski definition) is 5. The summed E-state index contributed by atoms with van der Waals surface area (Å²) < 4.78 is 6.49. The quantitative estimate of drug-likeness (QED) is 0.142. The summed E-state index contributed by atoms with van der Waals surface area (Å²) in [5, 5.41) is 15.9. The van der Waals surface area contributed by atoms with Gasteiger partial charge in [-0.3, -0.25) is 5.41 Å². The van der Waals surface area contributed by atoms with E-state index in [2.05, 4.69) is 175 Å². The van der Waals surface area contributed by atoms with Crippen LogP contribution in [0.5, 0.6) is 0 Å². The van der Waals surface area contributed by atoms with Gasteiger partial charge in [-0.05, 0) is 57.7 Å². The third kappa shape index (κ3) is 7.48. The average Bonchev–Trinajstić information content (AvgIpc) is 3.80. The number of para-hydroxylation sites is 1. The van der Waals surface area contributed by atoms with Crippen molar-refractivity contribution in [3.05, 3.63) is 264 Å². The topological polar surface area (TPSA) is 74.8 Å². The molecule has 1 aliphatic heterocycles. The second-order valence-corrected chi connectivity index (χ2v) is 16.9. The Bertz CT molecular complexity index is 3670. The van der Waals surface area contributed by atoms with Crippen LogP contribution in [0, 0.1) is 5.41 Å². The van der Waals surface area contributed by atoms with Gasteiger partial charge in [0.15, 0.2) is 5.82 Å². The zero-order valence-electron chi connectivity index (χ0n) is 36.9. The van der Waals surface area contributed by atoms with Gasteiger partial charge in [0, 0.05) is 55.4 Å². The zero-order valence-corrected chi connectivity index (χ0v) is 36.9. The Hall–Kier alpha value is -9.19. The largest absolute Gasteiger partial charge is 0.456 e. The number of furan rings is 1. The van der Waals surface area contributed by atoms with E-state index >= 15 is 0 Å². The molecule has 0 bridgehead atoms. The molecule has 11 aromatic rings. The molecule has 2 aromatic heterocycles. The fraction of sp³-hybridized carbons (Fsp3) is 0. The Labute approximate surface area is 394 Å². The molecule has 9 aromatic carbocycles. The van der Waals surface area contributed by atoms with Gasteiger partial charge in [0.25, 0.3) is 0 Å². The van der Waals surface area contributed by atoms with Gasteiger partial charge in [0.2, 0.25) is 0 Å². The summed E-state index contributed by atoms with van der Waals surface area (Å²) in [7, 11) is 0. The molecule has 0 aliphatic carbocycles. The first-order valence-electron chi connectivity index (χ1n) is 22.8. The number of hydrogen-bond donors (Lipinski definition) is 2. The molecule has 0 amide bonds. The molecule has 1 aliphatic rings. The molecular weight excluding hydrogens is 829 g/mol. The minimum Gasteiger partial charge on any atom is -0.456 e. The van der Waals surface area contributed by atoms with E-state index in [0.717, 1.165) is 117 Å². The molecule has 0 radical (unpaired) electrons. The molecule has 5 heteroatoms. The van der Waals surface area contributed by atoms with E-state index in [-0.39, 0.29) is 0 Å². The van der Waals surface area contributed by atoms with Crippen molar-refractivity contribution in [2.45, 2.75) is 0 Å². The lowest BCUT2D eigenvalue weighted by molar-refractivity contribution is 0.669. The van der Waals surface area contributed by atoms with E-state index in [4.69, 9.17) is 14.4 Å². The molecule has 0 spiro atoms. The molecule has 3 heterocycles. The lowest BCUT2D eigenvalue weighted by Crippen LogP contribution is -2.20. The molecule has 0 atom stereocenters. The minimum absolute atomic E-state index is 0.424. The van der Waals surface area contributed by atoms with Gasteiger partial charge in [-0.1, -0.05) is 218 Å². The summed E-state index contributed by atoms with van der Waals surface area (Å²) in [6, 6.07) is 81.2. The molecule has 320 valence electrons. The normalized spacial score (nSPS) is 12.9. The molecule has 68 heavy (non-hydrogen) atoms. The second-order valence-electron chi connectivity index (χ2n) is 16.9.